The van der Waals surface area contributed by atoms with Crippen molar-refractivity contribution >= 4 is 10.0 Å². The molecule has 1 aliphatic rings. The number of nitrogens with zero attached hydrogens (tertiary/aromatic N) is 1. The number of nitriles is 1. The SMILES string of the molecule is Cc1ccc(S(=O)(=O)N[C@H]2CCC[C@@H](C#N)C2)cc1. The van der Waals surface area contributed by atoms with Gasteiger partial charge in [-0.05, 0) is 38.3 Å². The summed E-state index contributed by atoms with van der Waals surface area (Å²) in [6.07, 6.45) is 3.20. The Labute approximate surface area is 114 Å². The minimum Gasteiger partial charge on any atom is -0.208 e. The fourth-order valence-corrected chi connectivity index (χ4v) is 3.70. The molecular formula is C14H18N2O2S. The Morgan fingerprint density at radius 3 is 2.58 bits per heavy atom. The molecule has 1 fully saturated rings. The summed E-state index contributed by atoms with van der Waals surface area (Å²) < 4.78 is 27.1. The molecule has 1 aliphatic carbocycles. The first-order chi connectivity index (χ1) is 9.01. The molecule has 4 nitrogen and oxygen atoms in total. The van der Waals surface area contributed by atoms with E-state index in [1.54, 1.807) is 24.3 Å². The molecular weight excluding hydrogens is 260 g/mol. The van der Waals surface area contributed by atoms with Crippen LogP contribution < -0.4 is 4.72 Å². The molecule has 0 bridgehead atoms. The second-order valence-corrected chi connectivity index (χ2v) is 6.84. The Hall–Kier alpha value is -1.38. The van der Waals surface area contributed by atoms with Crippen LogP contribution >= 0.6 is 0 Å². The predicted molar refractivity (Wildman–Crippen MR) is 72.9 cm³/mol. The van der Waals surface area contributed by atoms with Crippen LogP contribution in [0.25, 0.3) is 0 Å². The van der Waals surface area contributed by atoms with Crippen LogP contribution in [-0.2, 0) is 10.0 Å². The molecule has 0 aromatic heterocycles. The van der Waals surface area contributed by atoms with Crippen molar-refractivity contribution in [3.8, 4) is 6.07 Å². The third-order valence-electron chi connectivity index (χ3n) is 3.51. The number of rotatable bonds is 3. The maximum absolute atomic E-state index is 12.2. The van der Waals surface area contributed by atoms with Gasteiger partial charge in [-0.1, -0.05) is 24.1 Å². The highest BCUT2D eigenvalue weighted by atomic mass is 32.2. The van der Waals surface area contributed by atoms with Crippen LogP contribution in [0.5, 0.6) is 0 Å². The van der Waals surface area contributed by atoms with E-state index in [4.69, 9.17) is 5.26 Å². The van der Waals surface area contributed by atoms with E-state index >= 15 is 0 Å². The van der Waals surface area contributed by atoms with E-state index in [1.807, 2.05) is 6.92 Å². The summed E-state index contributed by atoms with van der Waals surface area (Å²) >= 11 is 0. The Morgan fingerprint density at radius 1 is 1.26 bits per heavy atom. The topological polar surface area (TPSA) is 70.0 Å². The normalized spacial score (nSPS) is 23.8. The molecule has 1 aromatic carbocycles. The first kappa shape index (κ1) is 14.0. The molecule has 5 heteroatoms. The molecule has 0 amide bonds. The molecule has 102 valence electrons. The van der Waals surface area contributed by atoms with Gasteiger partial charge in [0, 0.05) is 12.0 Å². The second kappa shape index (κ2) is 5.72. The van der Waals surface area contributed by atoms with Gasteiger partial charge in [0.15, 0.2) is 0 Å². The lowest BCUT2D eigenvalue weighted by atomic mass is 9.87. The van der Waals surface area contributed by atoms with Crippen molar-refractivity contribution in [3.05, 3.63) is 29.8 Å². The Bertz CT molecular complexity index is 572. The molecule has 1 N–H and O–H groups in total. The number of nitrogens with one attached hydrogen (secondary N) is 1. The van der Waals surface area contributed by atoms with Crippen LogP contribution in [0.2, 0.25) is 0 Å². The van der Waals surface area contributed by atoms with Crippen LogP contribution in [0.15, 0.2) is 29.2 Å². The lowest BCUT2D eigenvalue weighted by Gasteiger charge is -2.25. The van der Waals surface area contributed by atoms with Crippen LogP contribution in [0.3, 0.4) is 0 Å². The van der Waals surface area contributed by atoms with Crippen LogP contribution in [0.4, 0.5) is 0 Å². The van der Waals surface area contributed by atoms with Gasteiger partial charge in [0.25, 0.3) is 0 Å². The summed E-state index contributed by atoms with van der Waals surface area (Å²) in [6, 6.07) is 8.91. The summed E-state index contributed by atoms with van der Waals surface area (Å²) in [7, 11) is -3.47. The van der Waals surface area contributed by atoms with Crippen molar-refractivity contribution < 1.29 is 8.42 Å². The molecule has 0 spiro atoms. The number of sulfonamides is 1. The van der Waals surface area contributed by atoms with Gasteiger partial charge in [-0.3, -0.25) is 0 Å². The van der Waals surface area contributed by atoms with Gasteiger partial charge in [0.05, 0.1) is 11.0 Å². The third-order valence-corrected chi connectivity index (χ3v) is 5.05. The molecule has 0 aliphatic heterocycles. The second-order valence-electron chi connectivity index (χ2n) is 5.12. The molecule has 2 atom stereocenters. The molecule has 0 saturated heterocycles. The maximum Gasteiger partial charge on any atom is 0.240 e. The van der Waals surface area contributed by atoms with Crippen molar-refractivity contribution in [2.75, 3.05) is 0 Å². The van der Waals surface area contributed by atoms with Crippen molar-refractivity contribution in [1.29, 1.82) is 5.26 Å². The van der Waals surface area contributed by atoms with E-state index in [0.717, 1.165) is 24.8 Å². The minimum atomic E-state index is -3.47. The van der Waals surface area contributed by atoms with Gasteiger partial charge >= 0.3 is 0 Å². The summed E-state index contributed by atoms with van der Waals surface area (Å²) in [5, 5.41) is 8.93. The standard InChI is InChI=1S/C14H18N2O2S/c1-11-5-7-14(8-6-11)19(17,18)16-13-4-2-3-12(9-13)10-15/h5-8,12-13,16H,2-4,9H2,1H3/t12-,13+/m1/s1. The van der Waals surface area contributed by atoms with E-state index in [2.05, 4.69) is 10.8 Å². The van der Waals surface area contributed by atoms with Gasteiger partial charge in [0.1, 0.15) is 0 Å². The fraction of sp³-hybridized carbons (Fsp3) is 0.500. The largest absolute Gasteiger partial charge is 0.240 e. The quantitative estimate of drug-likeness (QED) is 0.922. The molecule has 2 rings (SSSR count). The smallest absolute Gasteiger partial charge is 0.208 e. The first-order valence-corrected chi connectivity index (χ1v) is 7.98. The Morgan fingerprint density at radius 2 is 1.95 bits per heavy atom. The monoisotopic (exact) mass is 278 g/mol. The highest BCUT2D eigenvalue weighted by Gasteiger charge is 2.26. The number of hydrogen-bond acceptors (Lipinski definition) is 3. The van der Waals surface area contributed by atoms with Crippen molar-refractivity contribution in [3.63, 3.8) is 0 Å². The lowest BCUT2D eigenvalue weighted by Crippen LogP contribution is -2.38. The fourth-order valence-electron chi connectivity index (χ4n) is 2.42. The van der Waals surface area contributed by atoms with E-state index in [1.165, 1.54) is 0 Å². The van der Waals surface area contributed by atoms with Gasteiger partial charge in [-0.15, -0.1) is 0 Å². The van der Waals surface area contributed by atoms with Crippen LogP contribution in [-0.4, -0.2) is 14.5 Å². The van der Waals surface area contributed by atoms with Crippen molar-refractivity contribution in [1.82, 2.24) is 4.72 Å². The average molecular weight is 278 g/mol. The average Bonchev–Trinajstić information content (AvgIpc) is 2.39. The summed E-state index contributed by atoms with van der Waals surface area (Å²) in [4.78, 5) is 0.289. The summed E-state index contributed by atoms with van der Waals surface area (Å²) in [5.74, 6) is -0.0283. The zero-order valence-corrected chi connectivity index (χ0v) is 11.8. The molecule has 0 unspecified atom stereocenters. The molecule has 1 saturated carbocycles. The molecule has 0 radical (unpaired) electrons. The highest BCUT2D eigenvalue weighted by molar-refractivity contribution is 7.89. The minimum absolute atomic E-state index is 0.0283. The lowest BCUT2D eigenvalue weighted by molar-refractivity contribution is 0.358. The number of aryl methyl sites for hydroxylation is 1. The van der Waals surface area contributed by atoms with E-state index in [9.17, 15) is 8.42 Å². The zero-order chi connectivity index (χ0) is 13.9. The number of hydrogen-bond donors (Lipinski definition) is 1. The van der Waals surface area contributed by atoms with Crippen molar-refractivity contribution in [2.24, 2.45) is 5.92 Å². The van der Waals surface area contributed by atoms with Crippen LogP contribution in [0, 0.1) is 24.2 Å². The van der Waals surface area contributed by atoms with E-state index < -0.39 is 10.0 Å². The first-order valence-electron chi connectivity index (χ1n) is 6.50. The Balaban J connectivity index is 2.09. The summed E-state index contributed by atoms with van der Waals surface area (Å²) in [5.41, 5.74) is 1.03. The Kier molecular flexibility index (Phi) is 4.23. The molecule has 0 heterocycles. The summed E-state index contributed by atoms with van der Waals surface area (Å²) in [6.45, 7) is 1.92. The third kappa shape index (κ3) is 3.55. The highest BCUT2D eigenvalue weighted by Crippen LogP contribution is 2.25. The van der Waals surface area contributed by atoms with E-state index in [-0.39, 0.29) is 16.9 Å². The van der Waals surface area contributed by atoms with Gasteiger partial charge < -0.3 is 0 Å². The van der Waals surface area contributed by atoms with E-state index in [0.29, 0.717) is 6.42 Å². The van der Waals surface area contributed by atoms with Gasteiger partial charge in [0.2, 0.25) is 10.0 Å². The number of benzene rings is 1. The molecule has 1 aromatic rings. The zero-order valence-electron chi connectivity index (χ0n) is 11.0. The maximum atomic E-state index is 12.2. The van der Waals surface area contributed by atoms with Gasteiger partial charge in [-0.25, -0.2) is 13.1 Å². The van der Waals surface area contributed by atoms with Gasteiger partial charge in [-0.2, -0.15) is 5.26 Å². The molecule has 19 heavy (non-hydrogen) atoms. The van der Waals surface area contributed by atoms with Crippen molar-refractivity contribution in [2.45, 2.75) is 43.5 Å². The van der Waals surface area contributed by atoms with Crippen LogP contribution in [0.1, 0.15) is 31.2 Å². The predicted octanol–water partition coefficient (Wildman–Crippen LogP) is 2.36.